The molecule has 1 saturated carbocycles. The third-order valence-corrected chi connectivity index (χ3v) is 3.84. The van der Waals surface area contributed by atoms with Gasteiger partial charge in [0.25, 0.3) is 0 Å². The van der Waals surface area contributed by atoms with Crippen molar-refractivity contribution in [1.82, 2.24) is 0 Å². The predicted molar refractivity (Wildman–Crippen MR) is 57.9 cm³/mol. The molecule has 1 aromatic heterocycles. The Labute approximate surface area is 84.0 Å². The highest BCUT2D eigenvalue weighted by Crippen LogP contribution is 2.36. The molecular weight excluding hydrogens is 178 g/mol. The van der Waals surface area contributed by atoms with Crippen LogP contribution in [0, 0.1) is 12.8 Å². The quantitative estimate of drug-likeness (QED) is 0.784. The molecule has 1 heterocycles. The Morgan fingerprint density at radius 3 is 2.85 bits per heavy atom. The third-order valence-electron chi connectivity index (χ3n) is 2.71. The van der Waals surface area contributed by atoms with E-state index in [1.54, 1.807) is 0 Å². The highest BCUT2D eigenvalue weighted by molar-refractivity contribution is 7.12. The first-order chi connectivity index (χ1) is 6.25. The molecule has 0 aliphatic heterocycles. The molecule has 1 aromatic rings. The number of thiophene rings is 1. The van der Waals surface area contributed by atoms with E-state index in [1.807, 2.05) is 11.3 Å². The molecule has 0 bridgehead atoms. The van der Waals surface area contributed by atoms with Gasteiger partial charge in [-0.05, 0) is 37.8 Å². The maximum absolute atomic E-state index is 6.09. The van der Waals surface area contributed by atoms with Gasteiger partial charge in [0.1, 0.15) is 0 Å². The van der Waals surface area contributed by atoms with Crippen LogP contribution in [0.15, 0.2) is 12.1 Å². The number of nitrogens with two attached hydrogens (primary N) is 1. The van der Waals surface area contributed by atoms with Crippen molar-refractivity contribution in [2.75, 3.05) is 0 Å². The van der Waals surface area contributed by atoms with Gasteiger partial charge < -0.3 is 5.73 Å². The van der Waals surface area contributed by atoms with Gasteiger partial charge in [0.2, 0.25) is 0 Å². The average molecular weight is 195 g/mol. The summed E-state index contributed by atoms with van der Waals surface area (Å²) >= 11 is 1.84. The molecule has 72 valence electrons. The maximum Gasteiger partial charge on any atom is 0.0389 e. The van der Waals surface area contributed by atoms with Crippen LogP contribution < -0.4 is 5.73 Å². The summed E-state index contributed by atoms with van der Waals surface area (Å²) in [6.07, 6.45) is 5.38. The van der Waals surface area contributed by atoms with E-state index in [4.69, 9.17) is 5.73 Å². The third kappa shape index (κ3) is 2.55. The van der Waals surface area contributed by atoms with E-state index in [2.05, 4.69) is 19.1 Å². The van der Waals surface area contributed by atoms with Crippen molar-refractivity contribution in [3.8, 4) is 0 Å². The first-order valence-electron chi connectivity index (χ1n) is 5.07. The van der Waals surface area contributed by atoms with E-state index in [-0.39, 0.29) is 0 Å². The minimum atomic E-state index is 0.291. The van der Waals surface area contributed by atoms with E-state index < -0.39 is 0 Å². The zero-order valence-electron chi connectivity index (χ0n) is 8.12. The van der Waals surface area contributed by atoms with Crippen LogP contribution in [0.2, 0.25) is 0 Å². The second-order valence-electron chi connectivity index (χ2n) is 4.08. The number of aryl methyl sites for hydroxylation is 1. The first kappa shape index (κ1) is 9.22. The van der Waals surface area contributed by atoms with Gasteiger partial charge in [-0.15, -0.1) is 11.3 Å². The van der Waals surface area contributed by atoms with Gasteiger partial charge in [-0.3, -0.25) is 0 Å². The summed E-state index contributed by atoms with van der Waals surface area (Å²) in [5.41, 5.74) is 6.09. The fourth-order valence-corrected chi connectivity index (χ4v) is 2.53. The summed E-state index contributed by atoms with van der Waals surface area (Å²) in [5.74, 6) is 1.01. The molecule has 2 rings (SSSR count). The molecule has 1 aliphatic carbocycles. The number of rotatable bonds is 4. The molecular formula is C11H17NS. The zero-order chi connectivity index (χ0) is 9.26. The lowest BCUT2D eigenvalue weighted by Crippen LogP contribution is -2.08. The van der Waals surface area contributed by atoms with Gasteiger partial charge in [0.05, 0.1) is 0 Å². The molecule has 2 N–H and O–H groups in total. The second kappa shape index (κ2) is 3.81. The lowest BCUT2D eigenvalue weighted by Gasteiger charge is -2.07. The normalized spacial score (nSPS) is 18.9. The smallest absolute Gasteiger partial charge is 0.0389 e. The van der Waals surface area contributed by atoms with Crippen molar-refractivity contribution in [2.24, 2.45) is 11.7 Å². The van der Waals surface area contributed by atoms with Gasteiger partial charge in [-0.25, -0.2) is 0 Å². The van der Waals surface area contributed by atoms with Crippen LogP contribution >= 0.6 is 11.3 Å². The van der Waals surface area contributed by atoms with E-state index in [1.165, 1.54) is 35.4 Å². The van der Waals surface area contributed by atoms with E-state index in [0.717, 1.165) is 5.92 Å². The van der Waals surface area contributed by atoms with E-state index in [9.17, 15) is 0 Å². The Morgan fingerprint density at radius 2 is 2.31 bits per heavy atom. The van der Waals surface area contributed by atoms with Crippen LogP contribution in [0.5, 0.6) is 0 Å². The minimum absolute atomic E-state index is 0.291. The van der Waals surface area contributed by atoms with Crippen molar-refractivity contribution >= 4 is 11.3 Å². The summed E-state index contributed by atoms with van der Waals surface area (Å²) < 4.78 is 0. The Morgan fingerprint density at radius 1 is 1.54 bits per heavy atom. The molecule has 2 heteroatoms. The number of hydrogen-bond donors (Lipinski definition) is 1. The molecule has 1 aliphatic rings. The Bertz CT molecular complexity index is 275. The lowest BCUT2D eigenvalue weighted by molar-refractivity contribution is 0.581. The summed E-state index contributed by atoms with van der Waals surface area (Å²) in [6, 6.07) is 4.63. The van der Waals surface area contributed by atoms with E-state index in [0.29, 0.717) is 6.04 Å². The average Bonchev–Trinajstić information content (AvgIpc) is 2.84. The predicted octanol–water partition coefficient (Wildman–Crippen LogP) is 3.25. The second-order valence-corrected chi connectivity index (χ2v) is 5.40. The molecule has 0 radical (unpaired) electrons. The van der Waals surface area contributed by atoms with E-state index >= 15 is 0 Å². The van der Waals surface area contributed by atoms with Gasteiger partial charge in [0, 0.05) is 15.8 Å². The van der Waals surface area contributed by atoms with Crippen LogP contribution in [0.4, 0.5) is 0 Å². The van der Waals surface area contributed by atoms with Crippen molar-refractivity contribution in [3.05, 3.63) is 21.9 Å². The number of hydrogen-bond acceptors (Lipinski definition) is 2. The molecule has 0 aromatic carbocycles. The molecule has 1 atom stereocenters. The van der Waals surface area contributed by atoms with Crippen molar-refractivity contribution in [1.29, 1.82) is 0 Å². The Balaban J connectivity index is 1.84. The van der Waals surface area contributed by atoms with Crippen LogP contribution in [0.1, 0.15) is 41.5 Å². The molecule has 1 fully saturated rings. The van der Waals surface area contributed by atoms with Crippen molar-refractivity contribution in [2.45, 2.75) is 38.6 Å². The monoisotopic (exact) mass is 195 g/mol. The van der Waals surface area contributed by atoms with Crippen molar-refractivity contribution < 1.29 is 0 Å². The minimum Gasteiger partial charge on any atom is -0.323 e. The Kier molecular flexibility index (Phi) is 2.70. The molecule has 0 spiro atoms. The van der Waals surface area contributed by atoms with Gasteiger partial charge in [0.15, 0.2) is 0 Å². The molecule has 1 unspecified atom stereocenters. The fraction of sp³-hybridized carbons (Fsp3) is 0.636. The van der Waals surface area contributed by atoms with Crippen LogP contribution in [0.3, 0.4) is 0 Å². The summed E-state index contributed by atoms with van der Waals surface area (Å²) in [5, 5.41) is 0. The topological polar surface area (TPSA) is 26.0 Å². The molecule has 13 heavy (non-hydrogen) atoms. The van der Waals surface area contributed by atoms with Crippen LogP contribution in [0.25, 0.3) is 0 Å². The van der Waals surface area contributed by atoms with Crippen LogP contribution in [-0.2, 0) is 0 Å². The van der Waals surface area contributed by atoms with Gasteiger partial charge >= 0.3 is 0 Å². The summed E-state index contributed by atoms with van der Waals surface area (Å²) in [4.78, 5) is 2.73. The summed E-state index contributed by atoms with van der Waals surface area (Å²) in [7, 11) is 0. The molecule has 1 nitrogen and oxygen atoms in total. The maximum atomic E-state index is 6.09. The van der Waals surface area contributed by atoms with Crippen LogP contribution in [-0.4, -0.2) is 0 Å². The standard InChI is InChI=1S/C11H17NS/c1-8-2-7-11(13-8)10(12)6-5-9-3-4-9/h2,7,9-10H,3-6,12H2,1H3. The Hall–Kier alpha value is -0.340. The fourth-order valence-electron chi connectivity index (χ4n) is 1.62. The van der Waals surface area contributed by atoms with Gasteiger partial charge in [-0.1, -0.05) is 12.8 Å². The molecule has 0 amide bonds. The highest BCUT2D eigenvalue weighted by atomic mass is 32.1. The largest absolute Gasteiger partial charge is 0.323 e. The SMILES string of the molecule is Cc1ccc(C(N)CCC2CC2)s1. The van der Waals surface area contributed by atoms with Crippen molar-refractivity contribution in [3.63, 3.8) is 0 Å². The zero-order valence-corrected chi connectivity index (χ0v) is 8.94. The first-order valence-corrected chi connectivity index (χ1v) is 5.89. The van der Waals surface area contributed by atoms with Gasteiger partial charge in [-0.2, -0.15) is 0 Å². The summed E-state index contributed by atoms with van der Waals surface area (Å²) in [6.45, 7) is 2.14. The molecule has 0 saturated heterocycles. The highest BCUT2D eigenvalue weighted by Gasteiger charge is 2.22. The lowest BCUT2D eigenvalue weighted by atomic mass is 10.1.